The fourth-order valence-corrected chi connectivity index (χ4v) is 2.70. The van der Waals surface area contributed by atoms with Gasteiger partial charge in [0.2, 0.25) is 0 Å². The van der Waals surface area contributed by atoms with E-state index >= 15 is 0 Å². The van der Waals surface area contributed by atoms with Crippen molar-refractivity contribution in [3.63, 3.8) is 0 Å². The largest absolute Gasteiger partial charge is 0.378 e. The average molecular weight is 341 g/mol. The molecule has 1 N–H and O–H groups in total. The molecule has 1 aliphatic rings. The summed E-state index contributed by atoms with van der Waals surface area (Å²) in [5, 5.41) is 2.89. The lowest BCUT2D eigenvalue weighted by Gasteiger charge is -2.29. The van der Waals surface area contributed by atoms with Gasteiger partial charge in [-0.15, -0.1) is 0 Å². The van der Waals surface area contributed by atoms with Crippen LogP contribution in [0.25, 0.3) is 0 Å². The zero-order chi connectivity index (χ0) is 17.8. The monoisotopic (exact) mass is 341 g/mol. The zero-order valence-electron chi connectivity index (χ0n) is 14.8. The number of ether oxygens (including phenoxy) is 1. The molecule has 132 valence electrons. The van der Waals surface area contributed by atoms with E-state index in [0.717, 1.165) is 24.6 Å². The Morgan fingerprint density at radius 2 is 2.04 bits per heavy atom. The third kappa shape index (κ3) is 4.11. The highest BCUT2D eigenvalue weighted by atomic mass is 16.5. The number of anilines is 2. The number of aryl methyl sites for hydroxylation is 1. The van der Waals surface area contributed by atoms with Crippen LogP contribution < -0.4 is 10.2 Å². The molecular weight excluding hydrogens is 318 g/mol. The number of nitrogens with one attached hydrogen (secondary N) is 1. The summed E-state index contributed by atoms with van der Waals surface area (Å²) in [7, 11) is 0. The van der Waals surface area contributed by atoms with Crippen molar-refractivity contribution in [1.29, 1.82) is 0 Å². The molecule has 0 aliphatic carbocycles. The van der Waals surface area contributed by atoms with Gasteiger partial charge in [0.25, 0.3) is 5.91 Å². The number of hydrogen-bond donors (Lipinski definition) is 1. The van der Waals surface area contributed by atoms with Crippen LogP contribution in [0.2, 0.25) is 0 Å². The summed E-state index contributed by atoms with van der Waals surface area (Å²) in [6, 6.07) is 5.32. The lowest BCUT2D eigenvalue weighted by molar-refractivity contribution is 0.102. The maximum atomic E-state index is 12.8. The quantitative estimate of drug-likeness (QED) is 0.920. The fourth-order valence-electron chi connectivity index (χ4n) is 2.70. The predicted octanol–water partition coefficient (Wildman–Crippen LogP) is 2.39. The summed E-state index contributed by atoms with van der Waals surface area (Å²) < 4.78 is 5.38. The van der Waals surface area contributed by atoms with E-state index in [2.05, 4.69) is 25.2 Å². The lowest BCUT2D eigenvalue weighted by atomic mass is 10.2. The number of aromatic nitrogens is 3. The molecular formula is C18H23N5O2. The molecule has 0 bridgehead atoms. The van der Waals surface area contributed by atoms with Crippen LogP contribution in [-0.4, -0.2) is 47.2 Å². The molecule has 3 heterocycles. The highest BCUT2D eigenvalue weighted by molar-refractivity contribution is 6.07. The third-order valence-corrected chi connectivity index (χ3v) is 3.97. The molecule has 0 spiro atoms. The van der Waals surface area contributed by atoms with Gasteiger partial charge in [-0.3, -0.25) is 4.79 Å². The molecule has 3 rings (SSSR count). The van der Waals surface area contributed by atoms with Crippen LogP contribution in [0, 0.1) is 6.92 Å². The minimum Gasteiger partial charge on any atom is -0.378 e. The molecule has 1 amide bonds. The van der Waals surface area contributed by atoms with Crippen LogP contribution in [0.4, 0.5) is 11.6 Å². The molecule has 0 aromatic carbocycles. The average Bonchev–Trinajstić information content (AvgIpc) is 2.62. The van der Waals surface area contributed by atoms with Crippen molar-refractivity contribution >= 4 is 17.5 Å². The van der Waals surface area contributed by atoms with Gasteiger partial charge in [-0.05, 0) is 19.1 Å². The van der Waals surface area contributed by atoms with E-state index in [-0.39, 0.29) is 11.8 Å². The van der Waals surface area contributed by atoms with E-state index < -0.39 is 0 Å². The Morgan fingerprint density at radius 3 is 2.76 bits per heavy atom. The first-order valence-corrected chi connectivity index (χ1v) is 8.49. The summed E-state index contributed by atoms with van der Waals surface area (Å²) in [5.74, 6) is 1.88. The summed E-state index contributed by atoms with van der Waals surface area (Å²) in [5.41, 5.74) is 1.36. The Hall–Kier alpha value is -2.54. The highest BCUT2D eigenvalue weighted by Crippen LogP contribution is 2.20. The van der Waals surface area contributed by atoms with Crippen LogP contribution in [0.1, 0.15) is 41.6 Å². The molecule has 1 saturated heterocycles. The van der Waals surface area contributed by atoms with Gasteiger partial charge in [0.05, 0.1) is 18.8 Å². The molecule has 1 fully saturated rings. The number of carbonyl (C=O) groups is 1. The van der Waals surface area contributed by atoms with Gasteiger partial charge in [0.1, 0.15) is 17.5 Å². The molecule has 1 aliphatic heterocycles. The van der Waals surface area contributed by atoms with Crippen molar-refractivity contribution in [3.05, 3.63) is 41.5 Å². The fraction of sp³-hybridized carbons (Fsp3) is 0.444. The van der Waals surface area contributed by atoms with Gasteiger partial charge in [0.15, 0.2) is 0 Å². The van der Waals surface area contributed by atoms with E-state index in [9.17, 15) is 4.79 Å². The SMILES string of the molecule is Cc1cc(NC(=O)c2cccnc2N2CCOCC2)nc(C(C)C)n1. The highest BCUT2D eigenvalue weighted by Gasteiger charge is 2.20. The first kappa shape index (κ1) is 17.3. The van der Waals surface area contributed by atoms with Crippen molar-refractivity contribution in [2.45, 2.75) is 26.7 Å². The second-order valence-corrected chi connectivity index (χ2v) is 6.34. The van der Waals surface area contributed by atoms with Crippen molar-refractivity contribution in [1.82, 2.24) is 15.0 Å². The Balaban J connectivity index is 1.84. The minimum atomic E-state index is -0.220. The first-order valence-electron chi connectivity index (χ1n) is 8.49. The first-order chi connectivity index (χ1) is 12.0. The minimum absolute atomic E-state index is 0.192. The van der Waals surface area contributed by atoms with Crippen LogP contribution >= 0.6 is 0 Å². The second kappa shape index (κ2) is 7.57. The number of nitrogens with zero attached hydrogens (tertiary/aromatic N) is 4. The summed E-state index contributed by atoms with van der Waals surface area (Å²) in [6.07, 6.45) is 1.70. The molecule has 2 aromatic heterocycles. The number of hydrogen-bond acceptors (Lipinski definition) is 6. The number of rotatable bonds is 4. The molecule has 2 aromatic rings. The number of amides is 1. The molecule has 0 radical (unpaired) electrons. The van der Waals surface area contributed by atoms with Crippen molar-refractivity contribution in [2.24, 2.45) is 0 Å². The van der Waals surface area contributed by atoms with Crippen LogP contribution in [-0.2, 0) is 4.74 Å². The lowest BCUT2D eigenvalue weighted by Crippen LogP contribution is -2.38. The maximum Gasteiger partial charge on any atom is 0.260 e. The van der Waals surface area contributed by atoms with Gasteiger partial charge < -0.3 is 15.0 Å². The summed E-state index contributed by atoms with van der Waals surface area (Å²) >= 11 is 0. The molecule has 0 unspecified atom stereocenters. The summed E-state index contributed by atoms with van der Waals surface area (Å²) in [6.45, 7) is 8.67. The third-order valence-electron chi connectivity index (χ3n) is 3.97. The Kier molecular flexibility index (Phi) is 5.23. The van der Waals surface area contributed by atoms with E-state index in [4.69, 9.17) is 4.74 Å². The Morgan fingerprint density at radius 1 is 1.28 bits per heavy atom. The maximum absolute atomic E-state index is 12.8. The van der Waals surface area contributed by atoms with Crippen LogP contribution in [0.5, 0.6) is 0 Å². The summed E-state index contributed by atoms with van der Waals surface area (Å²) in [4.78, 5) is 28.1. The van der Waals surface area contributed by atoms with E-state index in [0.29, 0.717) is 30.4 Å². The van der Waals surface area contributed by atoms with Gasteiger partial charge in [-0.1, -0.05) is 13.8 Å². The van der Waals surface area contributed by atoms with Crippen molar-refractivity contribution in [2.75, 3.05) is 36.5 Å². The van der Waals surface area contributed by atoms with Crippen LogP contribution in [0.15, 0.2) is 24.4 Å². The van der Waals surface area contributed by atoms with Gasteiger partial charge >= 0.3 is 0 Å². The van der Waals surface area contributed by atoms with Gasteiger partial charge in [-0.25, -0.2) is 15.0 Å². The molecule has 0 saturated carbocycles. The van der Waals surface area contributed by atoms with Gasteiger partial charge in [0, 0.05) is 37.0 Å². The number of morpholine rings is 1. The van der Waals surface area contributed by atoms with Gasteiger partial charge in [-0.2, -0.15) is 0 Å². The second-order valence-electron chi connectivity index (χ2n) is 6.34. The smallest absolute Gasteiger partial charge is 0.260 e. The predicted molar refractivity (Wildman–Crippen MR) is 96.1 cm³/mol. The van der Waals surface area contributed by atoms with Crippen molar-refractivity contribution < 1.29 is 9.53 Å². The molecule has 7 heteroatoms. The Bertz CT molecular complexity index is 757. The van der Waals surface area contributed by atoms with Crippen molar-refractivity contribution in [3.8, 4) is 0 Å². The number of pyridine rings is 1. The van der Waals surface area contributed by atoms with E-state index in [1.54, 1.807) is 24.4 Å². The zero-order valence-corrected chi connectivity index (χ0v) is 14.8. The topological polar surface area (TPSA) is 80.2 Å². The molecule has 7 nitrogen and oxygen atoms in total. The normalized spacial score (nSPS) is 14.6. The van der Waals surface area contributed by atoms with E-state index in [1.165, 1.54) is 0 Å². The van der Waals surface area contributed by atoms with Crippen LogP contribution in [0.3, 0.4) is 0 Å². The molecule has 0 atom stereocenters. The molecule has 25 heavy (non-hydrogen) atoms. The standard InChI is InChI=1S/C18H23N5O2/c1-12(2)16-20-13(3)11-15(21-16)22-18(24)14-5-4-6-19-17(14)23-7-9-25-10-8-23/h4-6,11-12H,7-10H2,1-3H3,(H,20,21,22,24). The Labute approximate surface area is 147 Å². The number of carbonyl (C=O) groups excluding carboxylic acids is 1. The van der Waals surface area contributed by atoms with E-state index in [1.807, 2.05) is 20.8 Å².